The molecule has 0 radical (unpaired) electrons. The van der Waals surface area contributed by atoms with Crippen LogP contribution < -0.4 is 11.1 Å². The van der Waals surface area contributed by atoms with Crippen molar-refractivity contribution in [2.75, 3.05) is 5.32 Å². The normalized spacial score (nSPS) is 10.2. The number of halogens is 2. The third-order valence-corrected chi connectivity index (χ3v) is 3.45. The van der Waals surface area contributed by atoms with E-state index in [-0.39, 0.29) is 9.46 Å². The van der Waals surface area contributed by atoms with Crippen LogP contribution in [0, 0.1) is 5.82 Å². The molecule has 7 heteroatoms. The van der Waals surface area contributed by atoms with Gasteiger partial charge in [0.15, 0.2) is 5.82 Å². The van der Waals surface area contributed by atoms with Crippen LogP contribution in [0.2, 0.25) is 0 Å². The van der Waals surface area contributed by atoms with Crippen LogP contribution in [0.3, 0.4) is 0 Å². The molecule has 2 rings (SSSR count). The maximum Gasteiger partial charge on any atom is 0.161 e. The van der Waals surface area contributed by atoms with E-state index in [4.69, 9.17) is 18.0 Å². The molecular weight excluding hydrogens is 331 g/mol. The number of nitrogens with one attached hydrogen (secondary N) is 1. The molecule has 0 aliphatic carbocycles. The Morgan fingerprint density at radius 1 is 1.42 bits per heavy atom. The molecule has 0 saturated carbocycles. The Bertz CT molecular complexity index is 606. The summed E-state index contributed by atoms with van der Waals surface area (Å²) >= 11 is 7.99. The van der Waals surface area contributed by atoms with Gasteiger partial charge >= 0.3 is 0 Å². The van der Waals surface area contributed by atoms with Crippen molar-refractivity contribution in [3.8, 4) is 0 Å². The summed E-state index contributed by atoms with van der Waals surface area (Å²) in [6.07, 6.45) is 3.07. The van der Waals surface area contributed by atoms with Crippen LogP contribution in [0.25, 0.3) is 0 Å². The first-order valence-corrected chi connectivity index (χ1v) is 6.56. The maximum atomic E-state index is 14.1. The quantitative estimate of drug-likeness (QED) is 0.837. The molecule has 0 bridgehead atoms. The van der Waals surface area contributed by atoms with Crippen LogP contribution in [0.4, 0.5) is 10.1 Å². The van der Waals surface area contributed by atoms with Gasteiger partial charge in [0.05, 0.1) is 22.4 Å². The van der Waals surface area contributed by atoms with Crippen LogP contribution in [0.15, 0.2) is 35.2 Å². The van der Waals surface area contributed by atoms with Gasteiger partial charge in [-0.1, -0.05) is 12.2 Å². The Hall–Kier alpha value is -1.60. The van der Waals surface area contributed by atoms with Crippen molar-refractivity contribution in [2.45, 2.75) is 6.54 Å². The lowest BCUT2D eigenvalue weighted by molar-refractivity contribution is 0.623. The molecule has 0 saturated heterocycles. The zero-order valence-corrected chi connectivity index (χ0v) is 12.1. The maximum absolute atomic E-state index is 14.1. The molecule has 0 aliphatic heterocycles. The molecule has 1 heterocycles. The zero-order chi connectivity index (χ0) is 13.8. The minimum atomic E-state index is -0.431. The van der Waals surface area contributed by atoms with Gasteiger partial charge in [0.2, 0.25) is 0 Å². The van der Waals surface area contributed by atoms with Crippen LogP contribution in [-0.2, 0) is 6.54 Å². The second-order valence-corrected chi connectivity index (χ2v) is 4.94. The van der Waals surface area contributed by atoms with Gasteiger partial charge in [-0.25, -0.2) is 14.4 Å². The molecule has 0 fully saturated rings. The van der Waals surface area contributed by atoms with Gasteiger partial charge in [-0.2, -0.15) is 0 Å². The monoisotopic (exact) mass is 340 g/mol. The summed E-state index contributed by atoms with van der Waals surface area (Å²) in [6, 6.07) is 5.01. The highest BCUT2D eigenvalue weighted by molar-refractivity contribution is 9.10. The predicted molar refractivity (Wildman–Crippen MR) is 79.3 cm³/mol. The number of aromatic nitrogens is 2. The summed E-state index contributed by atoms with van der Waals surface area (Å²) in [6.45, 7) is 0.401. The average molecular weight is 341 g/mol. The molecule has 0 aliphatic rings. The Labute approximate surface area is 123 Å². The van der Waals surface area contributed by atoms with E-state index >= 15 is 0 Å². The lowest BCUT2D eigenvalue weighted by Crippen LogP contribution is -2.12. The van der Waals surface area contributed by atoms with Crippen LogP contribution in [0.1, 0.15) is 11.3 Å². The summed E-state index contributed by atoms with van der Waals surface area (Å²) in [5.41, 5.74) is 7.09. The Morgan fingerprint density at radius 3 is 2.84 bits per heavy atom. The highest BCUT2D eigenvalue weighted by atomic mass is 79.9. The fourth-order valence-corrected chi connectivity index (χ4v) is 2.35. The molecule has 0 atom stereocenters. The minimum Gasteiger partial charge on any atom is -0.389 e. The van der Waals surface area contributed by atoms with Gasteiger partial charge in [0.25, 0.3) is 0 Å². The number of rotatable bonds is 4. The highest BCUT2D eigenvalue weighted by Gasteiger charge is 2.12. The van der Waals surface area contributed by atoms with Crippen molar-refractivity contribution in [3.63, 3.8) is 0 Å². The molecule has 3 N–H and O–H groups in total. The Kier molecular flexibility index (Phi) is 4.39. The van der Waals surface area contributed by atoms with Crippen molar-refractivity contribution in [2.24, 2.45) is 5.73 Å². The fourth-order valence-electron chi connectivity index (χ4n) is 1.48. The van der Waals surface area contributed by atoms with Crippen LogP contribution >= 0.6 is 28.1 Å². The Balaban J connectivity index is 2.18. The smallest absolute Gasteiger partial charge is 0.161 e. The number of hydrogen-bond donors (Lipinski definition) is 2. The van der Waals surface area contributed by atoms with Gasteiger partial charge in [-0.3, -0.25) is 0 Å². The minimum absolute atomic E-state index is 0.146. The molecule has 0 unspecified atom stereocenters. The van der Waals surface area contributed by atoms with Gasteiger partial charge in [-0.05, 0) is 34.1 Å². The lowest BCUT2D eigenvalue weighted by atomic mass is 10.2. The Morgan fingerprint density at radius 2 is 2.21 bits per heavy atom. The number of anilines is 1. The first-order valence-electron chi connectivity index (χ1n) is 5.36. The largest absolute Gasteiger partial charge is 0.389 e. The molecule has 98 valence electrons. The average Bonchev–Trinajstić information content (AvgIpc) is 2.41. The van der Waals surface area contributed by atoms with E-state index in [9.17, 15) is 4.39 Å². The van der Waals surface area contributed by atoms with Crippen molar-refractivity contribution >= 4 is 38.8 Å². The topological polar surface area (TPSA) is 63.8 Å². The SMILES string of the molecule is NC(=S)c1ccc(NCc2ccncn2)c(F)c1Br. The predicted octanol–water partition coefficient (Wildman–Crippen LogP) is 2.62. The van der Waals surface area contributed by atoms with E-state index in [0.29, 0.717) is 17.8 Å². The van der Waals surface area contributed by atoms with Crippen molar-refractivity contribution in [3.05, 3.63) is 52.3 Å². The van der Waals surface area contributed by atoms with Crippen molar-refractivity contribution in [1.29, 1.82) is 0 Å². The number of thiocarbonyl (C=S) groups is 1. The van der Waals surface area contributed by atoms with Crippen molar-refractivity contribution in [1.82, 2.24) is 9.97 Å². The third kappa shape index (κ3) is 3.24. The molecule has 2 aromatic rings. The number of nitrogens with two attached hydrogens (primary N) is 1. The van der Waals surface area contributed by atoms with E-state index < -0.39 is 5.82 Å². The molecule has 19 heavy (non-hydrogen) atoms. The number of nitrogens with zero attached hydrogens (tertiary/aromatic N) is 2. The van der Waals surface area contributed by atoms with E-state index in [1.165, 1.54) is 6.33 Å². The van der Waals surface area contributed by atoms with E-state index in [2.05, 4.69) is 31.2 Å². The summed E-state index contributed by atoms with van der Waals surface area (Å²) < 4.78 is 14.3. The third-order valence-electron chi connectivity index (χ3n) is 2.45. The van der Waals surface area contributed by atoms with Crippen LogP contribution in [-0.4, -0.2) is 15.0 Å². The second-order valence-electron chi connectivity index (χ2n) is 3.71. The molecule has 0 amide bonds. The van der Waals surface area contributed by atoms with Gasteiger partial charge in [0.1, 0.15) is 11.3 Å². The first-order chi connectivity index (χ1) is 9.09. The summed E-state index contributed by atoms with van der Waals surface area (Å²) in [5, 5.41) is 2.96. The van der Waals surface area contributed by atoms with Crippen LogP contribution in [0.5, 0.6) is 0 Å². The lowest BCUT2D eigenvalue weighted by Gasteiger charge is -2.10. The zero-order valence-electron chi connectivity index (χ0n) is 9.73. The molecule has 4 nitrogen and oxygen atoms in total. The number of hydrogen-bond acceptors (Lipinski definition) is 4. The second kappa shape index (κ2) is 6.03. The molecular formula is C12H10BrFN4S. The highest BCUT2D eigenvalue weighted by Crippen LogP contribution is 2.27. The summed E-state index contributed by atoms with van der Waals surface area (Å²) in [4.78, 5) is 8.00. The summed E-state index contributed by atoms with van der Waals surface area (Å²) in [7, 11) is 0. The molecule has 1 aromatic heterocycles. The standard InChI is InChI=1S/C12H10BrFN4S/c13-10-8(12(15)19)1-2-9(11(10)14)17-5-7-3-4-16-6-18-7/h1-4,6,17H,5H2,(H2,15,19). The van der Waals surface area contributed by atoms with Gasteiger partial charge < -0.3 is 11.1 Å². The van der Waals surface area contributed by atoms with E-state index in [1.807, 2.05) is 0 Å². The van der Waals surface area contributed by atoms with E-state index in [1.54, 1.807) is 24.4 Å². The fraction of sp³-hybridized carbons (Fsp3) is 0.0833. The van der Waals surface area contributed by atoms with E-state index in [0.717, 1.165) is 5.69 Å². The van der Waals surface area contributed by atoms with Crippen molar-refractivity contribution < 1.29 is 4.39 Å². The summed E-state index contributed by atoms with van der Waals surface area (Å²) in [5.74, 6) is -0.431. The first kappa shape index (κ1) is 13.8. The van der Waals surface area contributed by atoms with Gasteiger partial charge in [-0.15, -0.1) is 0 Å². The van der Waals surface area contributed by atoms with Gasteiger partial charge in [0, 0.05) is 11.8 Å². The number of benzene rings is 1. The molecule has 0 spiro atoms. The molecule has 1 aromatic carbocycles.